The van der Waals surface area contributed by atoms with Gasteiger partial charge in [-0.2, -0.15) is 0 Å². The number of fused-ring (bicyclic) bond motifs is 1. The van der Waals surface area contributed by atoms with Gasteiger partial charge in [0.2, 0.25) is 5.95 Å². The summed E-state index contributed by atoms with van der Waals surface area (Å²) >= 11 is 0. The first kappa shape index (κ1) is 17.9. The number of hydrogen-bond donors (Lipinski definition) is 2. The van der Waals surface area contributed by atoms with Crippen molar-refractivity contribution in [2.24, 2.45) is 0 Å². The van der Waals surface area contributed by atoms with Crippen molar-refractivity contribution in [2.75, 3.05) is 37.6 Å². The highest BCUT2D eigenvalue weighted by Crippen LogP contribution is 2.26. The van der Waals surface area contributed by atoms with Crippen molar-refractivity contribution in [3.63, 3.8) is 0 Å². The highest BCUT2D eigenvalue weighted by molar-refractivity contribution is 5.84. The average Bonchev–Trinajstić information content (AvgIpc) is 3.04. The topological polar surface area (TPSA) is 68.3 Å². The minimum absolute atomic E-state index is 0.495. The van der Waals surface area contributed by atoms with Gasteiger partial charge >= 0.3 is 0 Å². The molecule has 3 heterocycles. The Hall–Kier alpha value is -2.44. The number of nitrogens with one attached hydrogen (secondary N) is 1. The van der Waals surface area contributed by atoms with E-state index < -0.39 is 6.10 Å². The van der Waals surface area contributed by atoms with Gasteiger partial charge in [0.05, 0.1) is 6.10 Å². The van der Waals surface area contributed by atoms with Crippen molar-refractivity contribution < 1.29 is 5.11 Å². The van der Waals surface area contributed by atoms with E-state index in [0.29, 0.717) is 6.54 Å². The van der Waals surface area contributed by atoms with Gasteiger partial charge in [0.15, 0.2) is 0 Å². The van der Waals surface area contributed by atoms with Crippen molar-refractivity contribution in [1.82, 2.24) is 19.9 Å². The monoisotopic (exact) mass is 365 g/mol. The van der Waals surface area contributed by atoms with E-state index in [9.17, 15) is 5.11 Å². The lowest BCUT2D eigenvalue weighted by Crippen LogP contribution is -2.48. The molecule has 2 aromatic heterocycles. The van der Waals surface area contributed by atoms with E-state index in [4.69, 9.17) is 0 Å². The highest BCUT2D eigenvalue weighted by atomic mass is 16.3. The minimum Gasteiger partial charge on any atom is -0.387 e. The lowest BCUT2D eigenvalue weighted by atomic mass is 10.1. The SMILES string of the molecule is Cc1ccc2c([C@@H](O)CN3CCN(c4nc(C)cc(C)n4)CC3)c[nH]c2c1. The maximum atomic E-state index is 10.8. The molecule has 1 aromatic carbocycles. The highest BCUT2D eigenvalue weighted by Gasteiger charge is 2.23. The van der Waals surface area contributed by atoms with Gasteiger partial charge in [-0.15, -0.1) is 0 Å². The van der Waals surface area contributed by atoms with Crippen molar-refractivity contribution >= 4 is 16.9 Å². The number of nitrogens with zero attached hydrogens (tertiary/aromatic N) is 4. The lowest BCUT2D eigenvalue weighted by molar-refractivity contribution is 0.110. The molecule has 1 fully saturated rings. The second-order valence-corrected chi connectivity index (χ2v) is 7.55. The zero-order chi connectivity index (χ0) is 19.0. The van der Waals surface area contributed by atoms with Crippen LogP contribution in [0.5, 0.6) is 0 Å². The Morgan fingerprint density at radius 3 is 2.44 bits per heavy atom. The van der Waals surface area contributed by atoms with Crippen LogP contribution in [0.3, 0.4) is 0 Å². The van der Waals surface area contributed by atoms with Crippen LogP contribution >= 0.6 is 0 Å². The van der Waals surface area contributed by atoms with Crippen LogP contribution in [-0.2, 0) is 0 Å². The van der Waals surface area contributed by atoms with Gasteiger partial charge in [-0.05, 0) is 38.5 Å². The number of H-pyrrole nitrogens is 1. The molecule has 0 amide bonds. The first-order chi connectivity index (χ1) is 13.0. The summed E-state index contributed by atoms with van der Waals surface area (Å²) in [6, 6.07) is 8.30. The molecule has 0 unspecified atom stereocenters. The number of hydrogen-bond acceptors (Lipinski definition) is 5. The quantitative estimate of drug-likeness (QED) is 0.744. The number of β-amino-alcohol motifs (C(OH)–C–C–N with tert-alkyl or cyclic N) is 1. The molecule has 1 saturated heterocycles. The summed E-state index contributed by atoms with van der Waals surface area (Å²) in [6.07, 6.45) is 1.44. The van der Waals surface area contributed by atoms with Gasteiger partial charge in [-0.25, -0.2) is 9.97 Å². The maximum absolute atomic E-state index is 10.8. The molecule has 0 aliphatic carbocycles. The van der Waals surface area contributed by atoms with E-state index in [1.54, 1.807) is 0 Å². The van der Waals surface area contributed by atoms with E-state index in [-0.39, 0.29) is 0 Å². The zero-order valence-electron chi connectivity index (χ0n) is 16.2. The number of piperazine rings is 1. The molecule has 1 aliphatic rings. The largest absolute Gasteiger partial charge is 0.387 e. The smallest absolute Gasteiger partial charge is 0.225 e. The Kier molecular flexibility index (Phi) is 4.85. The van der Waals surface area contributed by atoms with Gasteiger partial charge in [0.25, 0.3) is 0 Å². The molecular formula is C21H27N5O. The summed E-state index contributed by atoms with van der Waals surface area (Å²) in [6.45, 7) is 10.3. The summed E-state index contributed by atoms with van der Waals surface area (Å²) < 4.78 is 0. The Balaban J connectivity index is 1.39. The van der Waals surface area contributed by atoms with Crippen molar-refractivity contribution in [1.29, 1.82) is 0 Å². The van der Waals surface area contributed by atoms with Crippen LogP contribution in [0.4, 0.5) is 5.95 Å². The number of aromatic amines is 1. The molecule has 0 spiro atoms. The molecule has 2 N–H and O–H groups in total. The summed E-state index contributed by atoms with van der Waals surface area (Å²) in [7, 11) is 0. The summed E-state index contributed by atoms with van der Waals surface area (Å²) in [5.74, 6) is 0.819. The van der Waals surface area contributed by atoms with Crippen molar-refractivity contribution in [3.8, 4) is 0 Å². The molecule has 3 aromatic rings. The third-order valence-electron chi connectivity index (χ3n) is 5.28. The fourth-order valence-electron chi connectivity index (χ4n) is 3.86. The van der Waals surface area contributed by atoms with Crippen LogP contribution in [0.1, 0.15) is 28.6 Å². The van der Waals surface area contributed by atoms with Crippen LogP contribution in [0.2, 0.25) is 0 Å². The van der Waals surface area contributed by atoms with E-state index in [1.165, 1.54) is 5.56 Å². The summed E-state index contributed by atoms with van der Waals surface area (Å²) in [5.41, 5.74) is 5.29. The molecule has 0 saturated carbocycles. The summed E-state index contributed by atoms with van der Waals surface area (Å²) in [5, 5.41) is 11.9. The predicted molar refractivity (Wildman–Crippen MR) is 108 cm³/mol. The summed E-state index contributed by atoms with van der Waals surface area (Å²) in [4.78, 5) is 17.0. The van der Waals surface area contributed by atoms with Crippen molar-refractivity contribution in [2.45, 2.75) is 26.9 Å². The molecule has 4 rings (SSSR count). The first-order valence-electron chi connectivity index (χ1n) is 9.55. The predicted octanol–water partition coefficient (Wildman–Crippen LogP) is 2.74. The standard InChI is InChI=1S/C21H27N5O/c1-14-4-5-17-18(12-22-19(17)10-14)20(27)13-25-6-8-26(9-7-25)21-23-15(2)11-16(3)24-21/h4-5,10-12,20,22,27H,6-9,13H2,1-3H3/t20-/m0/s1. The third-order valence-corrected chi connectivity index (χ3v) is 5.28. The average molecular weight is 365 g/mol. The Bertz CT molecular complexity index is 923. The van der Waals surface area contributed by atoms with Gasteiger partial charge < -0.3 is 15.0 Å². The van der Waals surface area contributed by atoms with Crippen LogP contribution in [0, 0.1) is 20.8 Å². The number of aryl methyl sites for hydroxylation is 3. The number of aromatic nitrogens is 3. The van der Waals surface area contributed by atoms with Crippen LogP contribution < -0.4 is 4.90 Å². The molecule has 1 atom stereocenters. The number of aliphatic hydroxyl groups is 1. The second kappa shape index (κ2) is 7.29. The zero-order valence-corrected chi connectivity index (χ0v) is 16.2. The van der Waals surface area contributed by atoms with Gasteiger partial charge in [-0.3, -0.25) is 4.90 Å². The van der Waals surface area contributed by atoms with Gasteiger partial charge in [0, 0.05) is 66.8 Å². The van der Waals surface area contributed by atoms with Gasteiger partial charge in [0.1, 0.15) is 0 Å². The first-order valence-corrected chi connectivity index (χ1v) is 9.55. The molecule has 0 radical (unpaired) electrons. The van der Waals surface area contributed by atoms with Crippen LogP contribution in [0.25, 0.3) is 10.9 Å². The molecule has 1 aliphatic heterocycles. The van der Waals surface area contributed by atoms with E-state index >= 15 is 0 Å². The Morgan fingerprint density at radius 1 is 1.04 bits per heavy atom. The molecule has 142 valence electrons. The Morgan fingerprint density at radius 2 is 1.74 bits per heavy atom. The van der Waals surface area contributed by atoms with E-state index in [0.717, 1.165) is 60.0 Å². The maximum Gasteiger partial charge on any atom is 0.225 e. The Labute approximate surface area is 159 Å². The third kappa shape index (κ3) is 3.82. The second-order valence-electron chi connectivity index (χ2n) is 7.55. The molecule has 6 nitrogen and oxygen atoms in total. The molecule has 0 bridgehead atoms. The number of aliphatic hydroxyl groups excluding tert-OH is 1. The molecule has 27 heavy (non-hydrogen) atoms. The van der Waals surface area contributed by atoms with Crippen LogP contribution in [0.15, 0.2) is 30.5 Å². The van der Waals surface area contributed by atoms with E-state index in [2.05, 4.69) is 49.9 Å². The lowest BCUT2D eigenvalue weighted by Gasteiger charge is -2.35. The normalized spacial score (nSPS) is 16.8. The number of benzene rings is 1. The van der Waals surface area contributed by atoms with Crippen LogP contribution in [-0.4, -0.2) is 57.7 Å². The van der Waals surface area contributed by atoms with E-state index in [1.807, 2.05) is 26.1 Å². The fourth-order valence-corrected chi connectivity index (χ4v) is 3.86. The number of rotatable bonds is 4. The number of anilines is 1. The minimum atomic E-state index is -0.495. The fraction of sp³-hybridized carbons (Fsp3) is 0.429. The molecular weight excluding hydrogens is 338 g/mol. The van der Waals surface area contributed by atoms with Crippen molar-refractivity contribution in [3.05, 3.63) is 53.0 Å². The van der Waals surface area contributed by atoms with Gasteiger partial charge in [-0.1, -0.05) is 12.1 Å². The molecule has 6 heteroatoms.